The number of hydrogen-bond donors (Lipinski definition) is 1. The minimum Gasteiger partial charge on any atom is -0.382 e. The van der Waals surface area contributed by atoms with Crippen molar-refractivity contribution in [2.45, 2.75) is 26.2 Å². The summed E-state index contributed by atoms with van der Waals surface area (Å²) in [5, 5.41) is 3.42. The van der Waals surface area contributed by atoms with Gasteiger partial charge in [0.05, 0.1) is 0 Å². The fourth-order valence-electron chi connectivity index (χ4n) is 1.80. The summed E-state index contributed by atoms with van der Waals surface area (Å²) in [5.41, 5.74) is 1.41. The molecular formula is C14H23NO. The Kier molecular flexibility index (Phi) is 6.86. The van der Waals surface area contributed by atoms with Crippen LogP contribution in [0.5, 0.6) is 0 Å². The van der Waals surface area contributed by atoms with Gasteiger partial charge in [-0.1, -0.05) is 37.3 Å². The smallest absolute Gasteiger partial charge is 0.0472 e. The van der Waals surface area contributed by atoms with Gasteiger partial charge in [-0.15, -0.1) is 0 Å². The first kappa shape index (κ1) is 13.2. The molecule has 0 saturated carbocycles. The van der Waals surface area contributed by atoms with E-state index in [4.69, 9.17) is 4.74 Å². The maximum absolute atomic E-state index is 5.44. The summed E-state index contributed by atoms with van der Waals surface area (Å²) in [7, 11) is 0. The maximum atomic E-state index is 5.44. The first-order chi connectivity index (χ1) is 7.88. The number of nitrogens with one attached hydrogen (secondary N) is 1. The third-order valence-electron chi connectivity index (χ3n) is 2.73. The van der Waals surface area contributed by atoms with Crippen LogP contribution in [0.15, 0.2) is 30.3 Å². The van der Waals surface area contributed by atoms with Crippen LogP contribution in [0.4, 0.5) is 0 Å². The molecule has 2 heteroatoms. The SMILES string of the molecule is CCNCC(CCOCC)c1ccccc1. The summed E-state index contributed by atoms with van der Waals surface area (Å²) in [6.45, 7) is 7.90. The fourth-order valence-corrected chi connectivity index (χ4v) is 1.80. The quantitative estimate of drug-likeness (QED) is 0.682. The van der Waals surface area contributed by atoms with Crippen LogP contribution >= 0.6 is 0 Å². The van der Waals surface area contributed by atoms with E-state index in [0.717, 1.165) is 32.7 Å². The predicted octanol–water partition coefficient (Wildman–Crippen LogP) is 2.81. The molecule has 1 rings (SSSR count). The Hall–Kier alpha value is -0.860. The van der Waals surface area contributed by atoms with Gasteiger partial charge in [-0.2, -0.15) is 0 Å². The second kappa shape index (κ2) is 8.31. The molecule has 0 spiro atoms. The van der Waals surface area contributed by atoms with Crippen molar-refractivity contribution in [1.82, 2.24) is 5.32 Å². The molecule has 0 fully saturated rings. The second-order valence-electron chi connectivity index (χ2n) is 3.90. The van der Waals surface area contributed by atoms with Crippen molar-refractivity contribution >= 4 is 0 Å². The Labute approximate surface area is 99.0 Å². The van der Waals surface area contributed by atoms with Gasteiger partial charge < -0.3 is 10.1 Å². The van der Waals surface area contributed by atoms with Crippen molar-refractivity contribution in [3.05, 3.63) is 35.9 Å². The zero-order chi connectivity index (χ0) is 11.6. The van der Waals surface area contributed by atoms with Crippen LogP contribution < -0.4 is 5.32 Å². The molecule has 0 heterocycles. The van der Waals surface area contributed by atoms with Gasteiger partial charge in [-0.3, -0.25) is 0 Å². The third-order valence-corrected chi connectivity index (χ3v) is 2.73. The van der Waals surface area contributed by atoms with Gasteiger partial charge in [0.2, 0.25) is 0 Å². The van der Waals surface area contributed by atoms with Gasteiger partial charge in [0, 0.05) is 19.8 Å². The molecule has 1 aromatic carbocycles. The first-order valence-electron chi connectivity index (χ1n) is 6.21. The van der Waals surface area contributed by atoms with Crippen LogP contribution in [0.1, 0.15) is 31.7 Å². The minimum atomic E-state index is 0.563. The van der Waals surface area contributed by atoms with Crippen LogP contribution in [-0.2, 0) is 4.74 Å². The number of rotatable bonds is 8. The highest BCUT2D eigenvalue weighted by Gasteiger charge is 2.10. The van der Waals surface area contributed by atoms with E-state index in [1.165, 1.54) is 5.56 Å². The number of likely N-dealkylation sites (N-methyl/N-ethyl adjacent to an activating group) is 1. The van der Waals surface area contributed by atoms with Gasteiger partial charge in [0.25, 0.3) is 0 Å². The molecule has 0 bridgehead atoms. The molecule has 1 unspecified atom stereocenters. The molecule has 0 aliphatic rings. The normalized spacial score (nSPS) is 12.6. The van der Waals surface area contributed by atoms with Crippen LogP contribution in [0.2, 0.25) is 0 Å². The monoisotopic (exact) mass is 221 g/mol. The summed E-state index contributed by atoms with van der Waals surface area (Å²) >= 11 is 0. The zero-order valence-electron chi connectivity index (χ0n) is 10.4. The summed E-state index contributed by atoms with van der Waals surface area (Å²) in [6.07, 6.45) is 1.09. The molecule has 0 aliphatic carbocycles. The minimum absolute atomic E-state index is 0.563. The molecule has 1 aromatic rings. The van der Waals surface area contributed by atoms with Gasteiger partial charge in [-0.05, 0) is 31.4 Å². The number of benzene rings is 1. The van der Waals surface area contributed by atoms with Crippen LogP contribution in [-0.4, -0.2) is 26.3 Å². The Morgan fingerprint density at radius 1 is 1.19 bits per heavy atom. The first-order valence-corrected chi connectivity index (χ1v) is 6.21. The zero-order valence-corrected chi connectivity index (χ0v) is 10.4. The van der Waals surface area contributed by atoms with Crippen molar-refractivity contribution in [3.8, 4) is 0 Å². The standard InChI is InChI=1S/C14H23NO/c1-3-15-12-14(10-11-16-4-2)13-8-6-5-7-9-13/h5-9,14-15H,3-4,10-12H2,1-2H3. The van der Waals surface area contributed by atoms with Crippen LogP contribution in [0.25, 0.3) is 0 Å². The molecule has 0 aromatic heterocycles. The lowest BCUT2D eigenvalue weighted by Crippen LogP contribution is -2.22. The van der Waals surface area contributed by atoms with Crippen LogP contribution in [0.3, 0.4) is 0 Å². The van der Waals surface area contributed by atoms with Crippen molar-refractivity contribution < 1.29 is 4.74 Å². The van der Waals surface area contributed by atoms with Crippen molar-refractivity contribution in [2.75, 3.05) is 26.3 Å². The average molecular weight is 221 g/mol. The largest absolute Gasteiger partial charge is 0.382 e. The molecule has 16 heavy (non-hydrogen) atoms. The number of hydrogen-bond acceptors (Lipinski definition) is 2. The van der Waals surface area contributed by atoms with Gasteiger partial charge in [0.1, 0.15) is 0 Å². The van der Waals surface area contributed by atoms with Gasteiger partial charge >= 0.3 is 0 Å². The van der Waals surface area contributed by atoms with E-state index >= 15 is 0 Å². The van der Waals surface area contributed by atoms with E-state index in [1.807, 2.05) is 6.92 Å². The lowest BCUT2D eigenvalue weighted by atomic mass is 9.96. The summed E-state index contributed by atoms with van der Waals surface area (Å²) in [4.78, 5) is 0. The fraction of sp³-hybridized carbons (Fsp3) is 0.571. The van der Waals surface area contributed by atoms with Crippen LogP contribution in [0, 0.1) is 0 Å². The van der Waals surface area contributed by atoms with E-state index < -0.39 is 0 Å². The van der Waals surface area contributed by atoms with Crippen molar-refractivity contribution in [3.63, 3.8) is 0 Å². The Bertz CT molecular complexity index is 261. The highest BCUT2D eigenvalue weighted by molar-refractivity contribution is 5.19. The molecule has 1 N–H and O–H groups in total. The summed E-state index contributed by atoms with van der Waals surface area (Å²) in [6, 6.07) is 10.7. The van der Waals surface area contributed by atoms with E-state index in [0.29, 0.717) is 5.92 Å². The average Bonchev–Trinajstić information content (AvgIpc) is 2.35. The molecular weight excluding hydrogens is 198 g/mol. The molecule has 1 atom stereocenters. The molecule has 2 nitrogen and oxygen atoms in total. The van der Waals surface area contributed by atoms with E-state index in [2.05, 4.69) is 42.6 Å². The van der Waals surface area contributed by atoms with E-state index in [9.17, 15) is 0 Å². The molecule has 0 saturated heterocycles. The van der Waals surface area contributed by atoms with Gasteiger partial charge in [0.15, 0.2) is 0 Å². The highest BCUT2D eigenvalue weighted by Crippen LogP contribution is 2.18. The molecule has 0 amide bonds. The Morgan fingerprint density at radius 2 is 1.94 bits per heavy atom. The number of ether oxygens (including phenoxy) is 1. The Morgan fingerprint density at radius 3 is 2.56 bits per heavy atom. The third kappa shape index (κ3) is 4.77. The summed E-state index contributed by atoms with van der Waals surface area (Å²) in [5.74, 6) is 0.563. The lowest BCUT2D eigenvalue weighted by molar-refractivity contribution is 0.139. The summed E-state index contributed by atoms with van der Waals surface area (Å²) < 4.78 is 5.44. The maximum Gasteiger partial charge on any atom is 0.0472 e. The van der Waals surface area contributed by atoms with Crippen molar-refractivity contribution in [2.24, 2.45) is 0 Å². The molecule has 0 aliphatic heterocycles. The highest BCUT2D eigenvalue weighted by atomic mass is 16.5. The molecule has 90 valence electrons. The topological polar surface area (TPSA) is 21.3 Å². The second-order valence-corrected chi connectivity index (χ2v) is 3.90. The van der Waals surface area contributed by atoms with Gasteiger partial charge in [-0.25, -0.2) is 0 Å². The lowest BCUT2D eigenvalue weighted by Gasteiger charge is -2.17. The van der Waals surface area contributed by atoms with Crippen molar-refractivity contribution in [1.29, 1.82) is 0 Å². The predicted molar refractivity (Wildman–Crippen MR) is 68.8 cm³/mol. The Balaban J connectivity index is 2.49. The van der Waals surface area contributed by atoms with E-state index in [-0.39, 0.29) is 0 Å². The molecule has 0 radical (unpaired) electrons. The van der Waals surface area contributed by atoms with E-state index in [1.54, 1.807) is 0 Å².